The Morgan fingerprint density at radius 3 is 2.74 bits per heavy atom. The molecule has 1 aliphatic rings. The van der Waals surface area contributed by atoms with E-state index in [-0.39, 0.29) is 17.4 Å². The first kappa shape index (κ1) is 23.2. The fourth-order valence-electron chi connectivity index (χ4n) is 4.22. The van der Waals surface area contributed by atoms with Gasteiger partial charge in [-0.1, -0.05) is 11.6 Å². The first-order valence-electron chi connectivity index (χ1n) is 11.3. The van der Waals surface area contributed by atoms with E-state index in [4.69, 9.17) is 31.2 Å². The minimum atomic E-state index is -0.516. The number of furan rings is 1. The van der Waals surface area contributed by atoms with Gasteiger partial charge in [0.05, 0.1) is 30.4 Å². The number of methoxy groups -OCH3 is 1. The largest absolute Gasteiger partial charge is 0.496 e. The molecule has 4 heterocycles. The summed E-state index contributed by atoms with van der Waals surface area (Å²) in [5.74, 6) is 1.44. The van der Waals surface area contributed by atoms with Crippen LogP contribution in [0, 0.1) is 5.82 Å². The fourth-order valence-corrected chi connectivity index (χ4v) is 4.47. The molecule has 1 saturated heterocycles. The van der Waals surface area contributed by atoms with Crippen LogP contribution in [0.4, 0.5) is 16.0 Å². The standard InChI is InChI=1S/C25H25ClFN5O3/c1-33-20-4-3-19(27)22(26)16(20)6-11-34-24-23-17(13-31-25(24)28)18(14-35-23)15-2-5-21(30-12-15)32-9-7-29-8-10-32/h2-5,12-14,29H,6-11H2,1H3,(H2,28,31). The quantitative estimate of drug-likeness (QED) is 0.390. The van der Waals surface area contributed by atoms with Crippen molar-refractivity contribution in [3.05, 3.63) is 59.3 Å². The Balaban J connectivity index is 1.37. The summed E-state index contributed by atoms with van der Waals surface area (Å²) < 4.78 is 31.0. The summed E-state index contributed by atoms with van der Waals surface area (Å²) in [4.78, 5) is 11.2. The minimum absolute atomic E-state index is 0.00861. The SMILES string of the molecule is COc1ccc(F)c(Cl)c1CCOc1c(N)ncc2c(-c3ccc(N4CCNCC4)nc3)coc12. The lowest BCUT2D eigenvalue weighted by Gasteiger charge is -2.28. The number of benzene rings is 1. The Morgan fingerprint density at radius 1 is 1.17 bits per heavy atom. The number of halogens is 2. The second kappa shape index (κ2) is 9.97. The van der Waals surface area contributed by atoms with Crippen LogP contribution in [0.15, 0.2) is 47.3 Å². The monoisotopic (exact) mass is 497 g/mol. The number of nitrogens with one attached hydrogen (secondary N) is 1. The summed E-state index contributed by atoms with van der Waals surface area (Å²) in [6, 6.07) is 6.83. The molecule has 0 bridgehead atoms. The van der Waals surface area contributed by atoms with E-state index in [1.54, 1.807) is 12.5 Å². The number of nitrogens with two attached hydrogens (primary N) is 1. The smallest absolute Gasteiger partial charge is 0.205 e. The summed E-state index contributed by atoms with van der Waals surface area (Å²) in [5, 5.41) is 4.11. The van der Waals surface area contributed by atoms with E-state index in [0.29, 0.717) is 29.1 Å². The Hall–Kier alpha value is -3.56. The third kappa shape index (κ3) is 4.56. The van der Waals surface area contributed by atoms with Crippen molar-refractivity contribution in [2.75, 3.05) is 50.5 Å². The van der Waals surface area contributed by atoms with Crippen LogP contribution in [0.25, 0.3) is 22.1 Å². The van der Waals surface area contributed by atoms with Gasteiger partial charge in [0.2, 0.25) is 5.75 Å². The zero-order valence-electron chi connectivity index (χ0n) is 19.2. The molecule has 3 N–H and O–H groups in total. The summed E-state index contributed by atoms with van der Waals surface area (Å²) in [6.45, 7) is 3.92. The molecular weight excluding hydrogens is 473 g/mol. The molecule has 8 nitrogen and oxygen atoms in total. The minimum Gasteiger partial charge on any atom is -0.496 e. The highest BCUT2D eigenvalue weighted by atomic mass is 35.5. The highest BCUT2D eigenvalue weighted by Gasteiger charge is 2.19. The van der Waals surface area contributed by atoms with E-state index in [1.807, 2.05) is 18.3 Å². The molecule has 0 unspecified atom stereocenters. The van der Waals surface area contributed by atoms with Crippen molar-refractivity contribution in [3.63, 3.8) is 0 Å². The molecule has 35 heavy (non-hydrogen) atoms. The predicted molar refractivity (Wildman–Crippen MR) is 134 cm³/mol. The predicted octanol–water partition coefficient (Wildman–Crippen LogP) is 4.30. The van der Waals surface area contributed by atoms with Gasteiger partial charge in [0.1, 0.15) is 17.4 Å². The molecule has 5 rings (SSSR count). The molecular formula is C25H25ClFN5O3. The number of piperazine rings is 1. The Bertz CT molecular complexity index is 1340. The van der Waals surface area contributed by atoms with Crippen molar-refractivity contribution >= 4 is 34.2 Å². The molecule has 0 amide bonds. The van der Waals surface area contributed by atoms with Crippen molar-refractivity contribution in [2.24, 2.45) is 0 Å². The third-order valence-corrected chi connectivity index (χ3v) is 6.48. The molecule has 0 radical (unpaired) electrons. The number of fused-ring (bicyclic) bond motifs is 1. The topological polar surface area (TPSA) is 98.7 Å². The fraction of sp³-hybridized carbons (Fsp3) is 0.280. The molecule has 1 aliphatic heterocycles. The number of hydrogen-bond donors (Lipinski definition) is 2. The van der Waals surface area contributed by atoms with Gasteiger partial charge in [0.25, 0.3) is 0 Å². The molecule has 1 aromatic carbocycles. The van der Waals surface area contributed by atoms with Gasteiger partial charge in [0, 0.05) is 61.7 Å². The average molecular weight is 498 g/mol. The molecule has 182 valence electrons. The van der Waals surface area contributed by atoms with Crippen LogP contribution in [0.2, 0.25) is 5.02 Å². The average Bonchev–Trinajstić information content (AvgIpc) is 3.32. The number of rotatable bonds is 7. The highest BCUT2D eigenvalue weighted by molar-refractivity contribution is 6.31. The Morgan fingerprint density at radius 2 is 2.00 bits per heavy atom. The zero-order chi connectivity index (χ0) is 24.4. The lowest BCUT2D eigenvalue weighted by Crippen LogP contribution is -2.43. The highest BCUT2D eigenvalue weighted by Crippen LogP contribution is 2.38. The molecule has 0 spiro atoms. The second-order valence-corrected chi connectivity index (χ2v) is 8.53. The summed E-state index contributed by atoms with van der Waals surface area (Å²) in [5.41, 5.74) is 8.84. The Kier molecular flexibility index (Phi) is 6.61. The van der Waals surface area contributed by atoms with Crippen LogP contribution < -0.4 is 25.4 Å². The zero-order valence-corrected chi connectivity index (χ0v) is 19.9. The van der Waals surface area contributed by atoms with Gasteiger partial charge < -0.3 is 29.8 Å². The van der Waals surface area contributed by atoms with Crippen molar-refractivity contribution in [1.29, 1.82) is 0 Å². The lowest BCUT2D eigenvalue weighted by atomic mass is 10.1. The number of anilines is 2. The van der Waals surface area contributed by atoms with Crippen LogP contribution in [0.5, 0.6) is 11.5 Å². The summed E-state index contributed by atoms with van der Waals surface area (Å²) in [7, 11) is 1.51. The van der Waals surface area contributed by atoms with E-state index in [9.17, 15) is 4.39 Å². The third-order valence-electron chi connectivity index (χ3n) is 6.07. The van der Waals surface area contributed by atoms with E-state index in [1.165, 1.54) is 19.2 Å². The van der Waals surface area contributed by atoms with E-state index >= 15 is 0 Å². The van der Waals surface area contributed by atoms with Crippen molar-refractivity contribution in [1.82, 2.24) is 15.3 Å². The number of nitrogen functional groups attached to an aromatic ring is 1. The van der Waals surface area contributed by atoms with Gasteiger partial charge in [-0.3, -0.25) is 0 Å². The Labute approximate surface area is 206 Å². The maximum absolute atomic E-state index is 13.9. The van der Waals surface area contributed by atoms with E-state index in [0.717, 1.165) is 48.5 Å². The van der Waals surface area contributed by atoms with Gasteiger partial charge in [-0.15, -0.1) is 0 Å². The van der Waals surface area contributed by atoms with Gasteiger partial charge in [0.15, 0.2) is 11.4 Å². The molecule has 4 aromatic rings. The molecule has 3 aromatic heterocycles. The molecule has 0 atom stereocenters. The maximum Gasteiger partial charge on any atom is 0.205 e. The van der Waals surface area contributed by atoms with Crippen LogP contribution in [-0.2, 0) is 6.42 Å². The molecule has 1 fully saturated rings. The van der Waals surface area contributed by atoms with Gasteiger partial charge in [-0.25, -0.2) is 14.4 Å². The number of hydrogen-bond acceptors (Lipinski definition) is 8. The number of aromatic nitrogens is 2. The van der Waals surface area contributed by atoms with Gasteiger partial charge in [-0.2, -0.15) is 0 Å². The number of ether oxygens (including phenoxy) is 2. The normalized spacial score (nSPS) is 13.9. The first-order chi connectivity index (χ1) is 17.1. The van der Waals surface area contributed by atoms with Crippen molar-refractivity contribution in [2.45, 2.75) is 6.42 Å². The van der Waals surface area contributed by atoms with Crippen LogP contribution in [0.3, 0.4) is 0 Å². The van der Waals surface area contributed by atoms with E-state index in [2.05, 4.69) is 20.2 Å². The molecule has 0 aliphatic carbocycles. The second-order valence-electron chi connectivity index (χ2n) is 8.15. The number of pyridine rings is 2. The van der Waals surface area contributed by atoms with Gasteiger partial charge in [-0.05, 0) is 24.3 Å². The van der Waals surface area contributed by atoms with Crippen LogP contribution in [0.1, 0.15) is 5.56 Å². The summed E-state index contributed by atoms with van der Waals surface area (Å²) in [6.07, 6.45) is 5.44. The van der Waals surface area contributed by atoms with Crippen molar-refractivity contribution in [3.8, 4) is 22.6 Å². The van der Waals surface area contributed by atoms with Crippen molar-refractivity contribution < 1.29 is 18.3 Å². The number of nitrogens with zero attached hydrogens (tertiary/aromatic N) is 3. The summed E-state index contributed by atoms with van der Waals surface area (Å²) >= 11 is 6.14. The van der Waals surface area contributed by atoms with E-state index < -0.39 is 5.82 Å². The van der Waals surface area contributed by atoms with Crippen LogP contribution >= 0.6 is 11.6 Å². The van der Waals surface area contributed by atoms with Crippen LogP contribution in [-0.4, -0.2) is 49.9 Å². The van der Waals surface area contributed by atoms with Gasteiger partial charge >= 0.3 is 0 Å². The first-order valence-corrected chi connectivity index (χ1v) is 11.7. The maximum atomic E-state index is 13.9. The molecule has 10 heteroatoms. The lowest BCUT2D eigenvalue weighted by molar-refractivity contribution is 0.317. The molecule has 0 saturated carbocycles.